The fourth-order valence-corrected chi connectivity index (χ4v) is 3.87. The minimum absolute atomic E-state index is 0.0529. The van der Waals surface area contributed by atoms with Gasteiger partial charge in [-0.2, -0.15) is 0 Å². The number of rotatable bonds is 6. The topological polar surface area (TPSA) is 77.5 Å². The first-order chi connectivity index (χ1) is 13.7. The average molecular weight is 396 g/mol. The van der Waals surface area contributed by atoms with E-state index in [0.29, 0.717) is 28.7 Å². The molecule has 2 aromatic heterocycles. The second-order valence-electron chi connectivity index (χ2n) is 6.56. The lowest BCUT2D eigenvalue weighted by atomic mass is 10.1. The lowest BCUT2D eigenvalue weighted by Gasteiger charge is -2.12. The number of ether oxygens (including phenoxy) is 2. The van der Waals surface area contributed by atoms with Crippen molar-refractivity contribution in [3.8, 4) is 10.6 Å². The lowest BCUT2D eigenvalue weighted by Crippen LogP contribution is -2.34. The number of amides is 1. The highest BCUT2D eigenvalue weighted by atomic mass is 32.1. The third-order valence-electron chi connectivity index (χ3n) is 4.59. The summed E-state index contributed by atoms with van der Waals surface area (Å²) in [6.45, 7) is 0.852. The molecular formula is C21H20N2O4S. The van der Waals surface area contributed by atoms with Crippen LogP contribution in [0, 0.1) is 0 Å². The smallest absolute Gasteiger partial charge is 0.339 e. The highest BCUT2D eigenvalue weighted by Crippen LogP contribution is 2.28. The SMILES string of the molecule is O=C(COC(=O)c1cc(-c2cccs2)nc2ccccc12)NC[C@@H]1CCCO1. The third-order valence-corrected chi connectivity index (χ3v) is 5.49. The predicted octanol–water partition coefficient (Wildman–Crippen LogP) is 3.42. The Morgan fingerprint density at radius 1 is 1.25 bits per heavy atom. The third kappa shape index (κ3) is 4.21. The number of nitrogens with one attached hydrogen (secondary N) is 1. The van der Waals surface area contributed by atoms with Gasteiger partial charge in [-0.15, -0.1) is 11.3 Å². The van der Waals surface area contributed by atoms with Crippen LogP contribution in [0.15, 0.2) is 47.8 Å². The van der Waals surface area contributed by atoms with Crippen molar-refractivity contribution in [1.82, 2.24) is 10.3 Å². The van der Waals surface area contributed by atoms with E-state index < -0.39 is 5.97 Å². The zero-order valence-corrected chi connectivity index (χ0v) is 16.0. The van der Waals surface area contributed by atoms with E-state index in [-0.39, 0.29) is 18.6 Å². The second kappa shape index (κ2) is 8.50. The molecule has 0 unspecified atom stereocenters. The fraction of sp³-hybridized carbons (Fsp3) is 0.286. The van der Waals surface area contributed by atoms with Gasteiger partial charge in [0.15, 0.2) is 6.61 Å². The van der Waals surface area contributed by atoms with E-state index in [1.165, 1.54) is 0 Å². The Balaban J connectivity index is 1.47. The maximum atomic E-state index is 12.7. The molecule has 1 N–H and O–H groups in total. The first kappa shape index (κ1) is 18.6. The molecule has 1 saturated heterocycles. The Bertz CT molecular complexity index is 981. The summed E-state index contributed by atoms with van der Waals surface area (Å²) in [5.74, 6) is -0.871. The van der Waals surface area contributed by atoms with E-state index in [1.54, 1.807) is 17.4 Å². The molecule has 0 spiro atoms. The molecule has 0 bridgehead atoms. The van der Waals surface area contributed by atoms with E-state index >= 15 is 0 Å². The van der Waals surface area contributed by atoms with Gasteiger partial charge in [0.25, 0.3) is 5.91 Å². The van der Waals surface area contributed by atoms with Gasteiger partial charge in [0, 0.05) is 18.5 Å². The van der Waals surface area contributed by atoms with E-state index in [1.807, 2.05) is 41.8 Å². The van der Waals surface area contributed by atoms with E-state index in [4.69, 9.17) is 9.47 Å². The first-order valence-electron chi connectivity index (χ1n) is 9.20. The Morgan fingerprint density at radius 3 is 2.93 bits per heavy atom. The number of carbonyl (C=O) groups is 2. The number of hydrogen-bond donors (Lipinski definition) is 1. The Kier molecular flexibility index (Phi) is 5.64. The number of fused-ring (bicyclic) bond motifs is 1. The number of aromatic nitrogens is 1. The highest BCUT2D eigenvalue weighted by Gasteiger charge is 2.19. The molecule has 28 heavy (non-hydrogen) atoms. The van der Waals surface area contributed by atoms with Gasteiger partial charge in [-0.1, -0.05) is 24.3 Å². The number of thiophene rings is 1. The van der Waals surface area contributed by atoms with Crippen LogP contribution in [0.4, 0.5) is 0 Å². The summed E-state index contributed by atoms with van der Waals surface area (Å²) >= 11 is 1.55. The molecule has 0 aliphatic carbocycles. The van der Waals surface area contributed by atoms with Gasteiger partial charge >= 0.3 is 5.97 Å². The van der Waals surface area contributed by atoms with Crippen LogP contribution in [0.1, 0.15) is 23.2 Å². The predicted molar refractivity (Wildman–Crippen MR) is 107 cm³/mol. The normalized spacial score (nSPS) is 16.2. The summed E-state index contributed by atoms with van der Waals surface area (Å²) < 4.78 is 10.7. The minimum atomic E-state index is -0.538. The maximum Gasteiger partial charge on any atom is 0.339 e. The van der Waals surface area contributed by atoms with Gasteiger partial charge in [-0.25, -0.2) is 9.78 Å². The number of benzene rings is 1. The number of para-hydroxylation sites is 1. The molecule has 3 heterocycles. The van der Waals surface area contributed by atoms with Crippen molar-refractivity contribution in [2.75, 3.05) is 19.8 Å². The van der Waals surface area contributed by atoms with Gasteiger partial charge in [0.05, 0.1) is 27.8 Å². The monoisotopic (exact) mass is 396 g/mol. The largest absolute Gasteiger partial charge is 0.452 e. The van der Waals surface area contributed by atoms with Crippen molar-refractivity contribution >= 4 is 34.1 Å². The quantitative estimate of drug-likeness (QED) is 0.646. The minimum Gasteiger partial charge on any atom is -0.452 e. The van der Waals surface area contributed by atoms with Crippen molar-refractivity contribution in [2.45, 2.75) is 18.9 Å². The van der Waals surface area contributed by atoms with Crippen molar-refractivity contribution < 1.29 is 19.1 Å². The van der Waals surface area contributed by atoms with Crippen LogP contribution in [0.25, 0.3) is 21.5 Å². The van der Waals surface area contributed by atoms with Crippen LogP contribution < -0.4 is 5.32 Å². The van der Waals surface area contributed by atoms with Gasteiger partial charge in [-0.05, 0) is 36.4 Å². The van der Waals surface area contributed by atoms with Crippen LogP contribution in [-0.2, 0) is 14.3 Å². The van der Waals surface area contributed by atoms with E-state index in [9.17, 15) is 9.59 Å². The van der Waals surface area contributed by atoms with Crippen LogP contribution in [0.3, 0.4) is 0 Å². The molecule has 1 aromatic carbocycles. The van der Waals surface area contributed by atoms with Gasteiger partial charge in [0.2, 0.25) is 0 Å². The van der Waals surface area contributed by atoms with Crippen LogP contribution >= 0.6 is 11.3 Å². The molecule has 1 aliphatic heterocycles. The summed E-state index contributed by atoms with van der Waals surface area (Å²) in [6.07, 6.45) is 2.00. The highest BCUT2D eigenvalue weighted by molar-refractivity contribution is 7.13. The summed E-state index contributed by atoms with van der Waals surface area (Å²) in [5.41, 5.74) is 1.83. The molecule has 144 valence electrons. The number of pyridine rings is 1. The molecule has 0 radical (unpaired) electrons. The second-order valence-corrected chi connectivity index (χ2v) is 7.51. The van der Waals surface area contributed by atoms with Crippen molar-refractivity contribution in [3.63, 3.8) is 0 Å². The first-order valence-corrected chi connectivity index (χ1v) is 10.1. The fourth-order valence-electron chi connectivity index (χ4n) is 3.19. The maximum absolute atomic E-state index is 12.7. The summed E-state index contributed by atoms with van der Waals surface area (Å²) in [6, 6.07) is 13.0. The van der Waals surface area contributed by atoms with Crippen LogP contribution in [0.5, 0.6) is 0 Å². The van der Waals surface area contributed by atoms with Crippen molar-refractivity contribution in [1.29, 1.82) is 0 Å². The number of hydrogen-bond acceptors (Lipinski definition) is 6. The Labute approximate surface area is 166 Å². The van der Waals surface area contributed by atoms with Gasteiger partial charge in [-0.3, -0.25) is 4.79 Å². The standard InChI is InChI=1S/C21H20N2O4S/c24-20(22-12-14-5-3-9-26-14)13-27-21(25)16-11-18(19-8-4-10-28-19)23-17-7-2-1-6-15(16)17/h1-2,4,6-8,10-11,14H,3,5,9,12-13H2,(H,22,24)/t14-/m0/s1. The lowest BCUT2D eigenvalue weighted by molar-refractivity contribution is -0.124. The molecule has 1 fully saturated rings. The Morgan fingerprint density at radius 2 is 2.14 bits per heavy atom. The van der Waals surface area contributed by atoms with E-state index in [2.05, 4.69) is 10.3 Å². The van der Waals surface area contributed by atoms with E-state index in [0.717, 1.165) is 24.3 Å². The van der Waals surface area contributed by atoms with Crippen LogP contribution in [-0.4, -0.2) is 42.7 Å². The van der Waals surface area contributed by atoms with Gasteiger partial charge < -0.3 is 14.8 Å². The molecule has 4 rings (SSSR count). The molecule has 1 amide bonds. The zero-order valence-electron chi connectivity index (χ0n) is 15.2. The Hall–Kier alpha value is -2.77. The molecular weight excluding hydrogens is 376 g/mol. The van der Waals surface area contributed by atoms with Crippen molar-refractivity contribution in [3.05, 3.63) is 53.4 Å². The molecule has 7 heteroatoms. The van der Waals surface area contributed by atoms with Crippen LogP contribution in [0.2, 0.25) is 0 Å². The summed E-state index contributed by atoms with van der Waals surface area (Å²) in [7, 11) is 0. The molecule has 6 nitrogen and oxygen atoms in total. The number of carbonyl (C=O) groups excluding carboxylic acids is 2. The molecule has 1 atom stereocenters. The number of nitrogens with zero attached hydrogens (tertiary/aromatic N) is 1. The van der Waals surface area contributed by atoms with Crippen molar-refractivity contribution in [2.24, 2.45) is 0 Å². The van der Waals surface area contributed by atoms with Gasteiger partial charge in [0.1, 0.15) is 0 Å². The molecule has 3 aromatic rings. The molecule has 1 aliphatic rings. The number of esters is 1. The zero-order chi connectivity index (χ0) is 19.3. The summed E-state index contributed by atoms with van der Waals surface area (Å²) in [5, 5.41) is 5.41. The summed E-state index contributed by atoms with van der Waals surface area (Å²) in [4.78, 5) is 30.3. The average Bonchev–Trinajstić information content (AvgIpc) is 3.43. The molecule has 0 saturated carbocycles.